The molecule has 0 saturated heterocycles. The van der Waals surface area contributed by atoms with E-state index in [2.05, 4.69) is 4.74 Å². The van der Waals surface area contributed by atoms with Gasteiger partial charge in [0.05, 0.1) is 19.8 Å². The van der Waals surface area contributed by atoms with E-state index in [1.807, 2.05) is 42.3 Å². The van der Waals surface area contributed by atoms with E-state index in [-0.39, 0.29) is 18.4 Å². The molecule has 24 heavy (non-hydrogen) atoms. The Hall–Kier alpha value is -2.18. The van der Waals surface area contributed by atoms with Gasteiger partial charge in [-0.1, -0.05) is 24.3 Å². The Labute approximate surface area is 140 Å². The number of halogens is 2. The van der Waals surface area contributed by atoms with Crippen LogP contribution in [0.25, 0.3) is 0 Å². The van der Waals surface area contributed by atoms with Crippen LogP contribution >= 0.6 is 0 Å². The first-order chi connectivity index (χ1) is 11.5. The number of aliphatic hydroxyl groups excluding tert-OH is 1. The normalized spacial score (nSPS) is 12.5. The summed E-state index contributed by atoms with van der Waals surface area (Å²) in [6, 6.07) is 13.8. The maximum atomic E-state index is 12.3. The molecule has 1 N–H and O–H groups in total. The lowest BCUT2D eigenvalue weighted by Gasteiger charge is -2.27. The molecule has 2 rings (SSSR count). The third kappa shape index (κ3) is 4.91. The van der Waals surface area contributed by atoms with Crippen LogP contribution in [0.2, 0.25) is 0 Å². The molecule has 0 heterocycles. The minimum absolute atomic E-state index is 0.0595. The number of hydrogen-bond donors (Lipinski definition) is 1. The van der Waals surface area contributed by atoms with Crippen LogP contribution in [0.1, 0.15) is 17.2 Å². The standard InChI is InChI=1S/C18H21F2NO3/c1-21(11-13-4-3-5-16(10-13)24-18(19)20)17(12-22)14-6-8-15(23-2)9-7-14/h3-10,17-18,22H,11-12H2,1-2H3. The van der Waals surface area contributed by atoms with Gasteiger partial charge in [0.25, 0.3) is 0 Å². The highest BCUT2D eigenvalue weighted by Crippen LogP contribution is 2.24. The molecule has 0 saturated carbocycles. The summed E-state index contributed by atoms with van der Waals surface area (Å²) in [6.45, 7) is -2.42. The topological polar surface area (TPSA) is 41.9 Å². The van der Waals surface area contributed by atoms with E-state index in [1.54, 1.807) is 19.2 Å². The average Bonchev–Trinajstić information content (AvgIpc) is 2.56. The lowest BCUT2D eigenvalue weighted by Crippen LogP contribution is -2.27. The SMILES string of the molecule is COc1ccc(C(CO)N(C)Cc2cccc(OC(F)F)c2)cc1. The molecule has 0 radical (unpaired) electrons. The largest absolute Gasteiger partial charge is 0.497 e. The third-order valence-electron chi connectivity index (χ3n) is 3.76. The Morgan fingerprint density at radius 3 is 2.38 bits per heavy atom. The highest BCUT2D eigenvalue weighted by molar-refractivity contribution is 5.30. The van der Waals surface area contributed by atoms with E-state index in [9.17, 15) is 13.9 Å². The summed E-state index contributed by atoms with van der Waals surface area (Å²) in [6.07, 6.45) is 0. The zero-order chi connectivity index (χ0) is 17.5. The van der Waals surface area contributed by atoms with Crippen molar-refractivity contribution in [3.8, 4) is 11.5 Å². The highest BCUT2D eigenvalue weighted by atomic mass is 19.3. The minimum Gasteiger partial charge on any atom is -0.497 e. The molecular weight excluding hydrogens is 316 g/mol. The van der Waals surface area contributed by atoms with E-state index in [1.165, 1.54) is 6.07 Å². The van der Waals surface area contributed by atoms with E-state index in [4.69, 9.17) is 4.74 Å². The van der Waals surface area contributed by atoms with Gasteiger partial charge in [-0.25, -0.2) is 0 Å². The fourth-order valence-corrected chi connectivity index (χ4v) is 2.54. The molecule has 0 aliphatic carbocycles. The number of methoxy groups -OCH3 is 1. The minimum atomic E-state index is -2.84. The number of alkyl halides is 2. The van der Waals surface area contributed by atoms with E-state index in [0.29, 0.717) is 6.54 Å². The van der Waals surface area contributed by atoms with Gasteiger partial charge in [-0.3, -0.25) is 4.90 Å². The number of benzene rings is 2. The summed E-state index contributed by atoms with van der Waals surface area (Å²) >= 11 is 0. The van der Waals surface area contributed by atoms with Gasteiger partial charge in [0.15, 0.2) is 0 Å². The molecule has 4 nitrogen and oxygen atoms in total. The molecule has 0 amide bonds. The zero-order valence-corrected chi connectivity index (χ0v) is 13.7. The number of aliphatic hydroxyl groups is 1. The van der Waals surface area contributed by atoms with Crippen LogP contribution in [0.15, 0.2) is 48.5 Å². The van der Waals surface area contributed by atoms with Crippen LogP contribution in [-0.2, 0) is 6.54 Å². The van der Waals surface area contributed by atoms with Crippen molar-refractivity contribution in [2.24, 2.45) is 0 Å². The van der Waals surface area contributed by atoms with Crippen LogP contribution in [0.4, 0.5) is 8.78 Å². The van der Waals surface area contributed by atoms with Crippen molar-refractivity contribution in [3.05, 3.63) is 59.7 Å². The first-order valence-corrected chi connectivity index (χ1v) is 7.52. The molecule has 0 spiro atoms. The molecule has 0 bridgehead atoms. The van der Waals surface area contributed by atoms with Crippen LogP contribution < -0.4 is 9.47 Å². The summed E-state index contributed by atoms with van der Waals surface area (Å²) in [7, 11) is 3.46. The Kier molecular flexibility index (Phi) is 6.52. The van der Waals surface area contributed by atoms with Crippen LogP contribution in [0.5, 0.6) is 11.5 Å². The van der Waals surface area contributed by atoms with Gasteiger partial charge >= 0.3 is 6.61 Å². The van der Waals surface area contributed by atoms with Crippen molar-refractivity contribution in [3.63, 3.8) is 0 Å². The van der Waals surface area contributed by atoms with Crippen LogP contribution in [0.3, 0.4) is 0 Å². The molecule has 0 aliphatic rings. The van der Waals surface area contributed by atoms with Gasteiger partial charge in [0, 0.05) is 6.54 Å². The molecular formula is C18H21F2NO3. The van der Waals surface area contributed by atoms with Crippen molar-refractivity contribution >= 4 is 0 Å². The van der Waals surface area contributed by atoms with Gasteiger partial charge in [0.2, 0.25) is 0 Å². The first kappa shape index (κ1) is 18.2. The van der Waals surface area contributed by atoms with Gasteiger partial charge in [0.1, 0.15) is 11.5 Å². The molecule has 130 valence electrons. The van der Waals surface area contributed by atoms with Gasteiger partial charge in [-0.15, -0.1) is 0 Å². The summed E-state index contributed by atoms with van der Waals surface area (Å²) in [5.74, 6) is 0.871. The predicted molar refractivity (Wildman–Crippen MR) is 87.4 cm³/mol. The zero-order valence-electron chi connectivity index (χ0n) is 13.7. The van der Waals surface area contributed by atoms with Gasteiger partial charge < -0.3 is 14.6 Å². The molecule has 0 aromatic heterocycles. The van der Waals surface area contributed by atoms with Crippen molar-refractivity contribution < 1.29 is 23.4 Å². The molecule has 0 aliphatic heterocycles. The van der Waals surface area contributed by atoms with Crippen molar-refractivity contribution in [1.82, 2.24) is 4.90 Å². The van der Waals surface area contributed by atoms with E-state index in [0.717, 1.165) is 16.9 Å². The Morgan fingerprint density at radius 2 is 1.79 bits per heavy atom. The second kappa shape index (κ2) is 8.61. The lowest BCUT2D eigenvalue weighted by molar-refractivity contribution is -0.0499. The Bertz CT molecular complexity index is 634. The first-order valence-electron chi connectivity index (χ1n) is 7.52. The molecule has 0 fully saturated rings. The maximum Gasteiger partial charge on any atom is 0.387 e. The molecule has 6 heteroatoms. The fourth-order valence-electron chi connectivity index (χ4n) is 2.54. The number of likely N-dealkylation sites (N-methyl/N-ethyl adjacent to an activating group) is 1. The Balaban J connectivity index is 2.09. The van der Waals surface area contributed by atoms with Gasteiger partial charge in [-0.05, 0) is 42.4 Å². The monoisotopic (exact) mass is 337 g/mol. The summed E-state index contributed by atoms with van der Waals surface area (Å²) in [5.41, 5.74) is 1.77. The van der Waals surface area contributed by atoms with Crippen molar-refractivity contribution in [2.75, 3.05) is 20.8 Å². The highest BCUT2D eigenvalue weighted by Gasteiger charge is 2.17. The van der Waals surface area contributed by atoms with Crippen molar-refractivity contribution in [1.29, 1.82) is 0 Å². The number of rotatable bonds is 8. The van der Waals surface area contributed by atoms with Crippen LogP contribution in [-0.4, -0.2) is 37.4 Å². The Morgan fingerprint density at radius 1 is 1.08 bits per heavy atom. The van der Waals surface area contributed by atoms with Crippen LogP contribution in [0, 0.1) is 0 Å². The van der Waals surface area contributed by atoms with E-state index < -0.39 is 6.61 Å². The molecule has 2 aromatic rings. The number of ether oxygens (including phenoxy) is 2. The average molecular weight is 337 g/mol. The fraction of sp³-hybridized carbons (Fsp3) is 0.333. The third-order valence-corrected chi connectivity index (χ3v) is 3.76. The second-order valence-corrected chi connectivity index (χ2v) is 5.41. The second-order valence-electron chi connectivity index (χ2n) is 5.41. The van der Waals surface area contributed by atoms with Gasteiger partial charge in [-0.2, -0.15) is 8.78 Å². The van der Waals surface area contributed by atoms with Crippen molar-refractivity contribution in [2.45, 2.75) is 19.2 Å². The summed E-state index contributed by atoms with van der Waals surface area (Å²) in [4.78, 5) is 1.95. The molecule has 2 aromatic carbocycles. The summed E-state index contributed by atoms with van der Waals surface area (Å²) in [5, 5.41) is 9.73. The molecule has 1 unspecified atom stereocenters. The number of hydrogen-bond acceptors (Lipinski definition) is 4. The number of nitrogens with zero attached hydrogens (tertiary/aromatic N) is 1. The summed E-state index contributed by atoms with van der Waals surface area (Å²) < 4.78 is 34.2. The maximum absolute atomic E-state index is 12.3. The van der Waals surface area contributed by atoms with E-state index >= 15 is 0 Å². The lowest BCUT2D eigenvalue weighted by atomic mass is 10.1. The molecule has 1 atom stereocenters. The quantitative estimate of drug-likeness (QED) is 0.801. The predicted octanol–water partition coefficient (Wildman–Crippen LogP) is 3.46. The smallest absolute Gasteiger partial charge is 0.387 e.